The van der Waals surface area contributed by atoms with Crippen LogP contribution in [0.25, 0.3) is 21.9 Å². The van der Waals surface area contributed by atoms with Crippen molar-refractivity contribution in [3.8, 4) is 16.9 Å². The molecule has 0 unspecified atom stereocenters. The topological polar surface area (TPSA) is 35.2 Å². The third-order valence-corrected chi connectivity index (χ3v) is 3.63. The SMILES string of the molecule is COc1ccc2cc(-c3ccc(CN)cc3F)ccc2c1. The second kappa shape index (κ2) is 5.54. The van der Waals surface area contributed by atoms with Gasteiger partial charge in [-0.2, -0.15) is 0 Å². The lowest BCUT2D eigenvalue weighted by Crippen LogP contribution is -1.97. The van der Waals surface area contributed by atoms with Gasteiger partial charge in [0.15, 0.2) is 0 Å². The van der Waals surface area contributed by atoms with Crippen LogP contribution in [0, 0.1) is 5.82 Å². The van der Waals surface area contributed by atoms with Crippen molar-refractivity contribution in [1.82, 2.24) is 0 Å². The van der Waals surface area contributed by atoms with Gasteiger partial charge in [0.1, 0.15) is 11.6 Å². The number of methoxy groups -OCH3 is 1. The molecule has 0 radical (unpaired) electrons. The Hall–Kier alpha value is -2.39. The Morgan fingerprint density at radius 1 is 0.952 bits per heavy atom. The minimum absolute atomic E-state index is 0.245. The van der Waals surface area contributed by atoms with E-state index in [-0.39, 0.29) is 5.82 Å². The first-order chi connectivity index (χ1) is 10.2. The summed E-state index contributed by atoms with van der Waals surface area (Å²) in [5.74, 6) is 0.569. The molecule has 3 heteroatoms. The predicted octanol–water partition coefficient (Wildman–Crippen LogP) is 4.11. The van der Waals surface area contributed by atoms with Crippen LogP contribution in [-0.2, 0) is 6.54 Å². The van der Waals surface area contributed by atoms with Crippen LogP contribution < -0.4 is 10.5 Å². The van der Waals surface area contributed by atoms with E-state index < -0.39 is 0 Å². The Labute approximate surface area is 123 Å². The Bertz CT molecular complexity index is 798. The minimum Gasteiger partial charge on any atom is -0.497 e. The van der Waals surface area contributed by atoms with Crippen molar-refractivity contribution >= 4 is 10.8 Å². The van der Waals surface area contributed by atoms with Gasteiger partial charge in [0, 0.05) is 12.1 Å². The highest BCUT2D eigenvalue weighted by atomic mass is 19.1. The maximum Gasteiger partial charge on any atom is 0.131 e. The molecule has 0 fully saturated rings. The highest BCUT2D eigenvalue weighted by Crippen LogP contribution is 2.29. The second-order valence-electron chi connectivity index (χ2n) is 4.95. The van der Waals surface area contributed by atoms with Crippen LogP contribution in [0.2, 0.25) is 0 Å². The smallest absolute Gasteiger partial charge is 0.131 e. The number of hydrogen-bond donors (Lipinski definition) is 1. The third kappa shape index (κ3) is 2.60. The van der Waals surface area contributed by atoms with Gasteiger partial charge in [0.2, 0.25) is 0 Å². The summed E-state index contributed by atoms with van der Waals surface area (Å²) in [5, 5.41) is 2.12. The molecule has 0 aliphatic carbocycles. The molecule has 0 atom stereocenters. The lowest BCUT2D eigenvalue weighted by molar-refractivity contribution is 0.415. The summed E-state index contributed by atoms with van der Waals surface area (Å²) >= 11 is 0. The van der Waals surface area contributed by atoms with Gasteiger partial charge in [0.05, 0.1) is 7.11 Å². The van der Waals surface area contributed by atoms with Crippen molar-refractivity contribution in [2.75, 3.05) is 7.11 Å². The highest BCUT2D eigenvalue weighted by molar-refractivity contribution is 5.88. The summed E-state index contributed by atoms with van der Waals surface area (Å²) in [5.41, 5.74) is 7.77. The van der Waals surface area contributed by atoms with Crippen LogP contribution in [0.5, 0.6) is 5.75 Å². The highest BCUT2D eigenvalue weighted by Gasteiger charge is 2.07. The van der Waals surface area contributed by atoms with Crippen molar-refractivity contribution < 1.29 is 9.13 Å². The Morgan fingerprint density at radius 3 is 2.43 bits per heavy atom. The molecule has 106 valence electrons. The lowest BCUT2D eigenvalue weighted by Gasteiger charge is -2.08. The number of nitrogens with two attached hydrogens (primary N) is 1. The van der Waals surface area contributed by atoms with Crippen molar-refractivity contribution in [1.29, 1.82) is 0 Å². The van der Waals surface area contributed by atoms with Gasteiger partial charge in [-0.05, 0) is 46.2 Å². The average Bonchev–Trinajstić information content (AvgIpc) is 2.53. The summed E-state index contributed by atoms with van der Waals surface area (Å²) in [7, 11) is 1.64. The lowest BCUT2D eigenvalue weighted by atomic mass is 9.99. The number of hydrogen-bond acceptors (Lipinski definition) is 2. The van der Waals surface area contributed by atoms with E-state index in [1.165, 1.54) is 6.07 Å². The molecule has 2 nitrogen and oxygen atoms in total. The maximum atomic E-state index is 14.2. The van der Waals surface area contributed by atoms with E-state index in [0.29, 0.717) is 12.1 Å². The van der Waals surface area contributed by atoms with Gasteiger partial charge in [-0.3, -0.25) is 0 Å². The maximum absolute atomic E-state index is 14.2. The van der Waals surface area contributed by atoms with Crippen molar-refractivity contribution in [3.05, 3.63) is 66.0 Å². The predicted molar refractivity (Wildman–Crippen MR) is 83.8 cm³/mol. The monoisotopic (exact) mass is 281 g/mol. The van der Waals surface area contributed by atoms with Gasteiger partial charge in [-0.15, -0.1) is 0 Å². The van der Waals surface area contributed by atoms with Crippen LogP contribution in [-0.4, -0.2) is 7.11 Å². The van der Waals surface area contributed by atoms with Crippen LogP contribution >= 0.6 is 0 Å². The molecule has 3 aromatic carbocycles. The molecule has 3 rings (SSSR count). The number of halogens is 1. The first kappa shape index (κ1) is 13.6. The van der Waals surface area contributed by atoms with E-state index in [9.17, 15) is 4.39 Å². The normalized spacial score (nSPS) is 10.8. The molecule has 0 aromatic heterocycles. The molecule has 0 saturated heterocycles. The molecule has 0 bridgehead atoms. The van der Waals surface area contributed by atoms with E-state index in [2.05, 4.69) is 0 Å². The molecule has 3 aromatic rings. The fourth-order valence-corrected chi connectivity index (χ4v) is 2.44. The molecule has 0 spiro atoms. The molecule has 0 saturated carbocycles. The number of benzene rings is 3. The molecule has 0 amide bonds. The first-order valence-electron chi connectivity index (χ1n) is 6.78. The van der Waals surface area contributed by atoms with Gasteiger partial charge in [-0.25, -0.2) is 4.39 Å². The Morgan fingerprint density at radius 2 is 1.71 bits per heavy atom. The van der Waals surface area contributed by atoms with Gasteiger partial charge >= 0.3 is 0 Å². The number of rotatable bonds is 3. The van der Waals surface area contributed by atoms with Crippen LogP contribution in [0.4, 0.5) is 4.39 Å². The van der Waals surface area contributed by atoms with E-state index in [4.69, 9.17) is 10.5 Å². The number of ether oxygens (including phenoxy) is 1. The standard InChI is InChI=1S/C18H16FNO/c1-21-16-6-5-13-9-15(4-3-14(13)10-16)17-7-2-12(11-20)8-18(17)19/h2-10H,11,20H2,1H3. The zero-order valence-corrected chi connectivity index (χ0v) is 11.8. The van der Waals surface area contributed by atoms with Gasteiger partial charge < -0.3 is 10.5 Å². The summed E-state index contributed by atoms with van der Waals surface area (Å²) < 4.78 is 19.4. The summed E-state index contributed by atoms with van der Waals surface area (Å²) in [6.45, 7) is 0.342. The fraction of sp³-hybridized carbons (Fsp3) is 0.111. The van der Waals surface area contributed by atoms with E-state index in [1.54, 1.807) is 13.2 Å². The van der Waals surface area contributed by atoms with E-state index >= 15 is 0 Å². The summed E-state index contributed by atoms with van der Waals surface area (Å²) in [6, 6.07) is 16.9. The zero-order valence-electron chi connectivity index (χ0n) is 11.8. The Kier molecular flexibility index (Phi) is 3.59. The van der Waals surface area contributed by atoms with Gasteiger partial charge in [-0.1, -0.05) is 30.3 Å². The quantitative estimate of drug-likeness (QED) is 0.784. The third-order valence-electron chi connectivity index (χ3n) is 3.63. The van der Waals surface area contributed by atoms with E-state index in [1.807, 2.05) is 42.5 Å². The molecule has 21 heavy (non-hydrogen) atoms. The summed E-state index contributed by atoms with van der Waals surface area (Å²) in [4.78, 5) is 0. The van der Waals surface area contributed by atoms with Crippen LogP contribution in [0.3, 0.4) is 0 Å². The fourth-order valence-electron chi connectivity index (χ4n) is 2.44. The largest absolute Gasteiger partial charge is 0.497 e. The summed E-state index contributed by atoms with van der Waals surface area (Å²) in [6.07, 6.45) is 0. The molecule has 0 aliphatic rings. The average molecular weight is 281 g/mol. The van der Waals surface area contributed by atoms with Crippen molar-refractivity contribution in [3.63, 3.8) is 0 Å². The molecular formula is C18H16FNO. The first-order valence-corrected chi connectivity index (χ1v) is 6.78. The van der Waals surface area contributed by atoms with Crippen molar-refractivity contribution in [2.45, 2.75) is 6.54 Å². The molecule has 0 heterocycles. The van der Waals surface area contributed by atoms with Crippen LogP contribution in [0.15, 0.2) is 54.6 Å². The van der Waals surface area contributed by atoms with Crippen molar-refractivity contribution in [2.24, 2.45) is 5.73 Å². The Balaban J connectivity index is 2.08. The minimum atomic E-state index is -0.245. The molecule has 0 aliphatic heterocycles. The zero-order chi connectivity index (χ0) is 14.8. The molecule has 2 N–H and O–H groups in total. The molecular weight excluding hydrogens is 265 g/mol. The van der Waals surface area contributed by atoms with E-state index in [0.717, 1.165) is 27.6 Å². The number of fused-ring (bicyclic) bond motifs is 1. The van der Waals surface area contributed by atoms with Crippen LogP contribution in [0.1, 0.15) is 5.56 Å². The second-order valence-corrected chi connectivity index (χ2v) is 4.95. The van der Waals surface area contributed by atoms with Gasteiger partial charge in [0.25, 0.3) is 0 Å².